The SMILES string of the molecule is CC(C)(C)OC(=O)N1CCCCC1C(=O)NCCCS(=O)(=O)Cc1ccccc1. The zero-order valence-electron chi connectivity index (χ0n) is 17.5. The van der Waals surface area contributed by atoms with Gasteiger partial charge in [-0.15, -0.1) is 0 Å². The molecule has 7 nitrogen and oxygen atoms in total. The summed E-state index contributed by atoms with van der Waals surface area (Å²) in [5.74, 6) is -0.254. The van der Waals surface area contributed by atoms with Crippen LogP contribution in [0.25, 0.3) is 0 Å². The van der Waals surface area contributed by atoms with Gasteiger partial charge in [-0.3, -0.25) is 9.69 Å². The summed E-state index contributed by atoms with van der Waals surface area (Å²) < 4.78 is 29.9. The smallest absolute Gasteiger partial charge is 0.410 e. The first-order chi connectivity index (χ1) is 13.6. The van der Waals surface area contributed by atoms with E-state index in [9.17, 15) is 18.0 Å². The second-order valence-corrected chi connectivity index (χ2v) is 10.6. The molecule has 29 heavy (non-hydrogen) atoms. The van der Waals surface area contributed by atoms with Gasteiger partial charge < -0.3 is 10.1 Å². The van der Waals surface area contributed by atoms with Crippen LogP contribution in [0.1, 0.15) is 52.0 Å². The molecule has 0 saturated carbocycles. The molecular weight excluding hydrogens is 392 g/mol. The van der Waals surface area contributed by atoms with E-state index in [1.165, 1.54) is 4.90 Å². The third-order valence-electron chi connectivity index (χ3n) is 4.59. The number of hydrogen-bond donors (Lipinski definition) is 1. The van der Waals surface area contributed by atoms with Gasteiger partial charge in [-0.05, 0) is 52.0 Å². The van der Waals surface area contributed by atoms with E-state index in [0.29, 0.717) is 19.4 Å². The number of carbonyl (C=O) groups excluding carboxylic acids is 2. The highest BCUT2D eigenvalue weighted by atomic mass is 32.2. The van der Waals surface area contributed by atoms with E-state index >= 15 is 0 Å². The van der Waals surface area contributed by atoms with Gasteiger partial charge in [0.15, 0.2) is 9.84 Å². The van der Waals surface area contributed by atoms with Crippen molar-refractivity contribution in [2.75, 3.05) is 18.8 Å². The van der Waals surface area contributed by atoms with Gasteiger partial charge in [0, 0.05) is 13.1 Å². The fourth-order valence-corrected chi connectivity index (χ4v) is 4.69. The van der Waals surface area contributed by atoms with Gasteiger partial charge >= 0.3 is 6.09 Å². The van der Waals surface area contributed by atoms with E-state index in [4.69, 9.17) is 4.74 Å². The maximum absolute atomic E-state index is 12.6. The van der Waals surface area contributed by atoms with Crippen LogP contribution in [-0.4, -0.2) is 55.8 Å². The molecule has 1 aliphatic heterocycles. The Bertz CT molecular complexity index is 787. The van der Waals surface area contributed by atoms with Gasteiger partial charge in [0.1, 0.15) is 11.6 Å². The molecule has 1 heterocycles. The zero-order chi connectivity index (χ0) is 21.5. The Morgan fingerprint density at radius 3 is 2.52 bits per heavy atom. The van der Waals surface area contributed by atoms with E-state index in [-0.39, 0.29) is 24.0 Å². The van der Waals surface area contributed by atoms with Crippen molar-refractivity contribution < 1.29 is 22.7 Å². The summed E-state index contributed by atoms with van der Waals surface area (Å²) in [5, 5.41) is 2.78. The van der Waals surface area contributed by atoms with Gasteiger partial charge in [-0.25, -0.2) is 13.2 Å². The number of nitrogens with one attached hydrogen (secondary N) is 1. The van der Waals surface area contributed by atoms with Crippen molar-refractivity contribution in [2.24, 2.45) is 0 Å². The van der Waals surface area contributed by atoms with E-state index in [0.717, 1.165) is 18.4 Å². The molecule has 1 atom stereocenters. The second kappa shape index (κ2) is 10.1. The Labute approximate surface area is 173 Å². The lowest BCUT2D eigenvalue weighted by atomic mass is 10.0. The Morgan fingerprint density at radius 1 is 1.17 bits per heavy atom. The van der Waals surface area contributed by atoms with E-state index in [1.54, 1.807) is 32.9 Å². The van der Waals surface area contributed by atoms with E-state index < -0.39 is 27.6 Å². The second-order valence-electron chi connectivity index (χ2n) is 8.41. The number of carbonyl (C=O) groups is 2. The number of rotatable bonds is 7. The molecule has 1 aromatic rings. The third-order valence-corrected chi connectivity index (χ3v) is 6.28. The average Bonchev–Trinajstić information content (AvgIpc) is 2.64. The molecule has 0 radical (unpaired) electrons. The maximum Gasteiger partial charge on any atom is 0.410 e. The number of likely N-dealkylation sites (tertiary alicyclic amines) is 1. The number of piperidine rings is 1. The number of benzene rings is 1. The summed E-state index contributed by atoms with van der Waals surface area (Å²) in [6, 6.07) is 8.47. The molecule has 8 heteroatoms. The minimum atomic E-state index is -3.24. The number of nitrogens with zero attached hydrogens (tertiary/aromatic N) is 1. The van der Waals surface area contributed by atoms with Gasteiger partial charge in [0.05, 0.1) is 11.5 Å². The van der Waals surface area contributed by atoms with E-state index in [1.807, 2.05) is 18.2 Å². The zero-order valence-corrected chi connectivity index (χ0v) is 18.3. The lowest BCUT2D eigenvalue weighted by Crippen LogP contribution is -2.53. The Balaban J connectivity index is 1.81. The maximum atomic E-state index is 12.6. The minimum absolute atomic E-state index is 0.00260. The monoisotopic (exact) mass is 424 g/mol. The van der Waals surface area contributed by atoms with Crippen molar-refractivity contribution in [1.82, 2.24) is 10.2 Å². The molecule has 1 fully saturated rings. The molecule has 2 amide bonds. The predicted molar refractivity (Wildman–Crippen MR) is 112 cm³/mol. The van der Waals surface area contributed by atoms with Crippen LogP contribution in [0.2, 0.25) is 0 Å². The average molecular weight is 425 g/mol. The first-order valence-electron chi connectivity index (χ1n) is 10.1. The lowest BCUT2D eigenvalue weighted by molar-refractivity contribution is -0.127. The standard InChI is InChI=1S/C21H32N2O5S/c1-21(2,3)28-20(25)23-14-8-7-12-18(23)19(24)22-13-9-15-29(26,27)16-17-10-5-4-6-11-17/h4-6,10-11,18H,7-9,12-16H2,1-3H3,(H,22,24). The van der Waals surface area contributed by atoms with Crippen molar-refractivity contribution >= 4 is 21.8 Å². The van der Waals surface area contributed by atoms with Gasteiger partial charge in [0.25, 0.3) is 0 Å². The number of hydrogen-bond acceptors (Lipinski definition) is 5. The third kappa shape index (κ3) is 8.04. The minimum Gasteiger partial charge on any atom is -0.444 e. The normalized spacial score (nSPS) is 17.6. The van der Waals surface area contributed by atoms with Crippen LogP contribution in [0, 0.1) is 0 Å². The Kier molecular flexibility index (Phi) is 8.07. The van der Waals surface area contributed by atoms with Crippen molar-refractivity contribution in [1.29, 1.82) is 0 Å². The summed E-state index contributed by atoms with van der Waals surface area (Å²) in [7, 11) is -3.24. The largest absolute Gasteiger partial charge is 0.444 e. The number of sulfone groups is 1. The molecule has 0 aliphatic carbocycles. The molecule has 2 rings (SSSR count). The van der Waals surface area contributed by atoms with Crippen LogP contribution in [0.3, 0.4) is 0 Å². The van der Waals surface area contributed by atoms with Gasteiger partial charge in [-0.1, -0.05) is 30.3 Å². The quantitative estimate of drug-likeness (QED) is 0.680. The molecular formula is C21H32N2O5S. The molecule has 0 spiro atoms. The van der Waals surface area contributed by atoms with Gasteiger partial charge in [-0.2, -0.15) is 0 Å². The van der Waals surface area contributed by atoms with Crippen molar-refractivity contribution in [2.45, 2.75) is 63.9 Å². The van der Waals surface area contributed by atoms with E-state index in [2.05, 4.69) is 5.32 Å². The predicted octanol–water partition coefficient (Wildman–Crippen LogP) is 2.90. The van der Waals surface area contributed by atoms with Crippen molar-refractivity contribution in [3.05, 3.63) is 35.9 Å². The topological polar surface area (TPSA) is 92.8 Å². The molecule has 1 unspecified atom stereocenters. The van der Waals surface area contributed by atoms with Crippen LogP contribution < -0.4 is 5.32 Å². The summed E-state index contributed by atoms with van der Waals surface area (Å²) in [6.07, 6.45) is 2.13. The highest BCUT2D eigenvalue weighted by molar-refractivity contribution is 7.90. The summed E-state index contributed by atoms with van der Waals surface area (Å²) >= 11 is 0. The van der Waals surface area contributed by atoms with Crippen LogP contribution in [0.5, 0.6) is 0 Å². The highest BCUT2D eigenvalue weighted by Crippen LogP contribution is 2.20. The van der Waals surface area contributed by atoms with Crippen LogP contribution in [0.15, 0.2) is 30.3 Å². The highest BCUT2D eigenvalue weighted by Gasteiger charge is 2.34. The first-order valence-corrected chi connectivity index (χ1v) is 11.9. The Morgan fingerprint density at radius 2 is 1.86 bits per heavy atom. The fraction of sp³-hybridized carbons (Fsp3) is 0.619. The summed E-state index contributed by atoms with van der Waals surface area (Å²) in [6.45, 7) is 6.11. The first kappa shape index (κ1) is 23.2. The molecule has 1 N–H and O–H groups in total. The molecule has 0 bridgehead atoms. The molecule has 1 aliphatic rings. The lowest BCUT2D eigenvalue weighted by Gasteiger charge is -2.35. The molecule has 162 valence electrons. The number of amides is 2. The molecule has 1 aromatic carbocycles. The Hall–Kier alpha value is -2.09. The van der Waals surface area contributed by atoms with Crippen molar-refractivity contribution in [3.8, 4) is 0 Å². The number of ether oxygens (including phenoxy) is 1. The van der Waals surface area contributed by atoms with Crippen LogP contribution in [0.4, 0.5) is 4.79 Å². The summed E-state index contributed by atoms with van der Waals surface area (Å²) in [4.78, 5) is 26.5. The van der Waals surface area contributed by atoms with Crippen LogP contribution >= 0.6 is 0 Å². The van der Waals surface area contributed by atoms with Gasteiger partial charge in [0.2, 0.25) is 5.91 Å². The van der Waals surface area contributed by atoms with Crippen LogP contribution in [-0.2, 0) is 25.1 Å². The molecule has 1 saturated heterocycles. The summed E-state index contributed by atoms with van der Waals surface area (Å²) in [5.41, 5.74) is 0.134. The van der Waals surface area contributed by atoms with Crippen molar-refractivity contribution in [3.63, 3.8) is 0 Å². The molecule has 0 aromatic heterocycles. The fourth-order valence-electron chi connectivity index (χ4n) is 3.27.